The molecule has 1 aromatic carbocycles. The molecule has 1 aliphatic heterocycles. The highest BCUT2D eigenvalue weighted by Gasteiger charge is 2.15. The van der Waals surface area contributed by atoms with Crippen molar-refractivity contribution in [3.63, 3.8) is 0 Å². The Morgan fingerprint density at radius 1 is 1.25 bits per heavy atom. The molecular weight excluding hydrogens is 250 g/mol. The molecule has 1 fully saturated rings. The predicted molar refractivity (Wildman–Crippen MR) is 82.4 cm³/mol. The minimum atomic E-state index is 0.847. The van der Waals surface area contributed by atoms with Crippen LogP contribution in [0.5, 0.6) is 5.75 Å². The number of ether oxygens (including phenoxy) is 1. The van der Waals surface area contributed by atoms with E-state index in [1.54, 1.807) is 7.11 Å². The van der Waals surface area contributed by atoms with Gasteiger partial charge in [-0.05, 0) is 44.1 Å². The summed E-state index contributed by atoms with van der Waals surface area (Å²) >= 11 is 0. The van der Waals surface area contributed by atoms with Gasteiger partial charge < -0.3 is 10.1 Å². The molecule has 0 aliphatic carbocycles. The number of nitrogens with one attached hydrogen (secondary N) is 1. The Balaban J connectivity index is 1.97. The number of nitrogens with zero attached hydrogens (tertiary/aromatic N) is 2. The van der Waals surface area contributed by atoms with Crippen LogP contribution in [-0.4, -0.2) is 37.1 Å². The first-order valence-corrected chi connectivity index (χ1v) is 7.18. The zero-order valence-corrected chi connectivity index (χ0v) is 12.1. The Labute approximate surface area is 119 Å². The van der Waals surface area contributed by atoms with Crippen LogP contribution in [0.3, 0.4) is 0 Å². The van der Waals surface area contributed by atoms with E-state index in [-0.39, 0.29) is 0 Å². The van der Waals surface area contributed by atoms with E-state index in [1.165, 1.54) is 36.9 Å². The second-order valence-corrected chi connectivity index (χ2v) is 5.29. The topological polar surface area (TPSA) is 37.4 Å². The van der Waals surface area contributed by atoms with Gasteiger partial charge in [-0.1, -0.05) is 0 Å². The van der Waals surface area contributed by atoms with Crippen LogP contribution in [0.4, 0.5) is 5.82 Å². The van der Waals surface area contributed by atoms with E-state index >= 15 is 0 Å². The summed E-state index contributed by atoms with van der Waals surface area (Å²) in [6.07, 6.45) is 2.63. The maximum absolute atomic E-state index is 5.27. The lowest BCUT2D eigenvalue weighted by molar-refractivity contribution is 0.332. The number of rotatable bonds is 4. The summed E-state index contributed by atoms with van der Waals surface area (Å²) in [5.41, 5.74) is 2.24. The molecule has 0 bridgehead atoms. The molecule has 20 heavy (non-hydrogen) atoms. The van der Waals surface area contributed by atoms with Crippen LogP contribution in [0.15, 0.2) is 24.3 Å². The van der Waals surface area contributed by atoms with E-state index in [9.17, 15) is 0 Å². The smallest absolute Gasteiger partial charge is 0.130 e. The highest BCUT2D eigenvalue weighted by atomic mass is 16.5. The summed E-state index contributed by atoms with van der Waals surface area (Å²) in [7, 11) is 3.61. The molecule has 0 amide bonds. The molecule has 0 saturated carbocycles. The van der Waals surface area contributed by atoms with Gasteiger partial charge >= 0.3 is 0 Å². The van der Waals surface area contributed by atoms with Crippen LogP contribution in [0.1, 0.15) is 18.4 Å². The van der Waals surface area contributed by atoms with E-state index in [1.807, 2.05) is 19.2 Å². The Bertz CT molecular complexity index is 606. The Morgan fingerprint density at radius 3 is 2.75 bits per heavy atom. The van der Waals surface area contributed by atoms with Gasteiger partial charge in [0.1, 0.15) is 11.6 Å². The SMILES string of the molecule is CNc1nc2cc(OC)ccc2cc1CN1CCCC1. The molecular formula is C16H21N3O. The quantitative estimate of drug-likeness (QED) is 0.928. The van der Waals surface area contributed by atoms with Crippen molar-refractivity contribution in [2.24, 2.45) is 0 Å². The van der Waals surface area contributed by atoms with Crippen molar-refractivity contribution in [2.75, 3.05) is 32.6 Å². The van der Waals surface area contributed by atoms with E-state index in [0.717, 1.165) is 23.6 Å². The number of anilines is 1. The van der Waals surface area contributed by atoms with Crippen LogP contribution in [-0.2, 0) is 6.54 Å². The predicted octanol–water partition coefficient (Wildman–Crippen LogP) is 2.88. The number of pyridine rings is 1. The van der Waals surface area contributed by atoms with Gasteiger partial charge in [-0.15, -0.1) is 0 Å². The number of likely N-dealkylation sites (tertiary alicyclic amines) is 1. The molecule has 0 atom stereocenters. The first kappa shape index (κ1) is 13.2. The molecule has 0 radical (unpaired) electrons. The highest BCUT2D eigenvalue weighted by molar-refractivity contribution is 5.83. The van der Waals surface area contributed by atoms with Gasteiger partial charge in [0.15, 0.2) is 0 Å². The molecule has 1 aromatic heterocycles. The Hall–Kier alpha value is -1.81. The summed E-state index contributed by atoms with van der Waals surface area (Å²) in [6.45, 7) is 3.37. The second-order valence-electron chi connectivity index (χ2n) is 5.29. The summed E-state index contributed by atoms with van der Waals surface area (Å²) in [6, 6.07) is 8.29. The molecule has 4 nitrogen and oxygen atoms in total. The van der Waals surface area contributed by atoms with E-state index in [4.69, 9.17) is 9.72 Å². The van der Waals surface area contributed by atoms with Crippen LogP contribution < -0.4 is 10.1 Å². The fourth-order valence-corrected chi connectivity index (χ4v) is 2.84. The fourth-order valence-electron chi connectivity index (χ4n) is 2.84. The molecule has 1 N–H and O–H groups in total. The maximum Gasteiger partial charge on any atom is 0.130 e. The van der Waals surface area contributed by atoms with Crippen LogP contribution in [0, 0.1) is 0 Å². The lowest BCUT2D eigenvalue weighted by atomic mass is 10.1. The zero-order valence-electron chi connectivity index (χ0n) is 12.1. The molecule has 1 saturated heterocycles. The summed E-state index contributed by atoms with van der Waals surface area (Å²) < 4.78 is 5.27. The molecule has 0 unspecified atom stereocenters. The van der Waals surface area contributed by atoms with Crippen molar-refractivity contribution in [3.8, 4) is 5.75 Å². The van der Waals surface area contributed by atoms with Gasteiger partial charge in [0.05, 0.1) is 12.6 Å². The third kappa shape index (κ3) is 2.56. The maximum atomic E-state index is 5.27. The number of fused-ring (bicyclic) bond motifs is 1. The Morgan fingerprint density at radius 2 is 2.05 bits per heavy atom. The number of methoxy groups -OCH3 is 1. The molecule has 1 aliphatic rings. The number of hydrogen-bond acceptors (Lipinski definition) is 4. The lowest BCUT2D eigenvalue weighted by Crippen LogP contribution is -2.19. The van der Waals surface area contributed by atoms with Crippen LogP contribution in [0.2, 0.25) is 0 Å². The van der Waals surface area contributed by atoms with Crippen LogP contribution >= 0.6 is 0 Å². The van der Waals surface area contributed by atoms with Crippen molar-refractivity contribution in [1.29, 1.82) is 0 Å². The number of aromatic nitrogens is 1. The van der Waals surface area contributed by atoms with Crippen molar-refractivity contribution in [1.82, 2.24) is 9.88 Å². The van der Waals surface area contributed by atoms with Gasteiger partial charge in [-0.3, -0.25) is 4.90 Å². The van der Waals surface area contributed by atoms with E-state index < -0.39 is 0 Å². The average Bonchev–Trinajstić information content (AvgIpc) is 2.99. The first-order valence-electron chi connectivity index (χ1n) is 7.18. The monoisotopic (exact) mass is 271 g/mol. The van der Waals surface area contributed by atoms with Crippen LogP contribution in [0.25, 0.3) is 10.9 Å². The molecule has 3 rings (SSSR count). The van der Waals surface area contributed by atoms with Gasteiger partial charge in [-0.25, -0.2) is 4.98 Å². The standard InChI is InChI=1S/C16H21N3O/c1-17-16-13(11-19-7-3-4-8-19)9-12-5-6-14(20-2)10-15(12)18-16/h5-6,9-10H,3-4,7-8,11H2,1-2H3,(H,17,18). The van der Waals surface area contributed by atoms with Crippen molar-refractivity contribution in [2.45, 2.75) is 19.4 Å². The average molecular weight is 271 g/mol. The third-order valence-electron chi connectivity index (χ3n) is 3.93. The first-order chi connectivity index (χ1) is 9.80. The van der Waals surface area contributed by atoms with Gasteiger partial charge in [0, 0.05) is 30.6 Å². The minimum Gasteiger partial charge on any atom is -0.497 e. The minimum absolute atomic E-state index is 0.847. The Kier molecular flexibility index (Phi) is 3.74. The molecule has 2 heterocycles. The molecule has 2 aromatic rings. The summed E-state index contributed by atoms with van der Waals surface area (Å²) in [5, 5.41) is 4.39. The lowest BCUT2D eigenvalue weighted by Gasteiger charge is -2.17. The van der Waals surface area contributed by atoms with Gasteiger partial charge in [-0.2, -0.15) is 0 Å². The molecule has 4 heteroatoms. The highest BCUT2D eigenvalue weighted by Crippen LogP contribution is 2.25. The van der Waals surface area contributed by atoms with Crippen molar-refractivity contribution < 1.29 is 4.74 Å². The van der Waals surface area contributed by atoms with E-state index in [2.05, 4.69) is 22.3 Å². The zero-order chi connectivity index (χ0) is 13.9. The summed E-state index contributed by atoms with van der Waals surface area (Å²) in [4.78, 5) is 7.22. The summed E-state index contributed by atoms with van der Waals surface area (Å²) in [5.74, 6) is 1.82. The second kappa shape index (κ2) is 5.67. The molecule has 0 spiro atoms. The van der Waals surface area contributed by atoms with Crippen molar-refractivity contribution in [3.05, 3.63) is 29.8 Å². The molecule has 106 valence electrons. The van der Waals surface area contributed by atoms with Crippen molar-refractivity contribution >= 4 is 16.7 Å². The third-order valence-corrected chi connectivity index (χ3v) is 3.93. The normalized spacial score (nSPS) is 15.7. The van der Waals surface area contributed by atoms with E-state index in [0.29, 0.717) is 0 Å². The van der Waals surface area contributed by atoms with Gasteiger partial charge in [0.25, 0.3) is 0 Å². The fraction of sp³-hybridized carbons (Fsp3) is 0.438. The number of benzene rings is 1. The largest absolute Gasteiger partial charge is 0.497 e. The van der Waals surface area contributed by atoms with Gasteiger partial charge in [0.2, 0.25) is 0 Å². The number of hydrogen-bond donors (Lipinski definition) is 1.